The molecule has 9 nitrogen and oxygen atoms in total. The number of rotatable bonds is 5. The molecule has 3 rings (SSSR count). The van der Waals surface area contributed by atoms with E-state index >= 15 is 0 Å². The number of hydrogen-bond donors (Lipinski definition) is 3. The summed E-state index contributed by atoms with van der Waals surface area (Å²) < 4.78 is 0. The van der Waals surface area contributed by atoms with Crippen LogP contribution in [0.15, 0.2) is 47.5 Å². The largest absolute Gasteiger partial charge is 0.324 e. The molecule has 25 heavy (non-hydrogen) atoms. The summed E-state index contributed by atoms with van der Waals surface area (Å²) in [7, 11) is 0. The Morgan fingerprint density at radius 1 is 1.32 bits per heavy atom. The zero-order valence-electron chi connectivity index (χ0n) is 12.8. The van der Waals surface area contributed by atoms with Crippen LogP contribution in [0.2, 0.25) is 0 Å². The van der Waals surface area contributed by atoms with E-state index in [2.05, 4.69) is 21.2 Å². The van der Waals surface area contributed by atoms with E-state index in [-0.39, 0.29) is 23.8 Å². The molecule has 0 fully saturated rings. The maximum absolute atomic E-state index is 12.1. The van der Waals surface area contributed by atoms with E-state index in [4.69, 9.17) is 0 Å². The highest BCUT2D eigenvalue weighted by Crippen LogP contribution is 2.36. The second kappa shape index (κ2) is 7.18. The number of thioether (sulfide) groups is 1. The van der Waals surface area contributed by atoms with E-state index in [1.54, 1.807) is 6.07 Å². The fourth-order valence-electron chi connectivity index (χ4n) is 2.22. The highest BCUT2D eigenvalue weighted by Gasteiger charge is 2.29. The van der Waals surface area contributed by atoms with Gasteiger partial charge in [-0.1, -0.05) is 12.1 Å². The van der Waals surface area contributed by atoms with Gasteiger partial charge in [0.25, 0.3) is 0 Å². The Morgan fingerprint density at radius 3 is 2.92 bits per heavy atom. The molecular weight excluding hydrogens is 346 g/mol. The molecule has 0 bridgehead atoms. The van der Waals surface area contributed by atoms with Crippen molar-refractivity contribution in [3.05, 3.63) is 52.7 Å². The molecule has 1 aliphatic heterocycles. The van der Waals surface area contributed by atoms with E-state index in [1.807, 2.05) is 18.2 Å². The van der Waals surface area contributed by atoms with E-state index < -0.39 is 16.1 Å². The number of anilines is 2. The van der Waals surface area contributed by atoms with Gasteiger partial charge in [-0.15, -0.1) is 11.8 Å². The zero-order valence-corrected chi connectivity index (χ0v) is 13.6. The lowest BCUT2D eigenvalue weighted by Gasteiger charge is -2.23. The number of benzene rings is 1. The number of pyridine rings is 1. The second-order valence-corrected chi connectivity index (χ2v) is 6.34. The van der Waals surface area contributed by atoms with Gasteiger partial charge < -0.3 is 5.32 Å². The van der Waals surface area contributed by atoms with E-state index in [1.165, 1.54) is 30.1 Å². The summed E-state index contributed by atoms with van der Waals surface area (Å²) in [4.78, 5) is 39.1. The van der Waals surface area contributed by atoms with Crippen molar-refractivity contribution in [1.82, 2.24) is 10.4 Å². The van der Waals surface area contributed by atoms with Crippen molar-refractivity contribution in [2.75, 3.05) is 10.7 Å². The van der Waals surface area contributed by atoms with Crippen LogP contribution in [-0.2, 0) is 9.59 Å². The number of carbonyl (C=O) groups excluding carboxylic acids is 2. The summed E-state index contributed by atoms with van der Waals surface area (Å²) in [6, 6.07) is 10.0. The fourth-order valence-corrected chi connectivity index (χ4v) is 3.33. The van der Waals surface area contributed by atoms with Crippen molar-refractivity contribution in [2.24, 2.45) is 0 Å². The normalized spacial score (nSPS) is 15.7. The van der Waals surface area contributed by atoms with Gasteiger partial charge in [0, 0.05) is 23.6 Å². The lowest BCUT2D eigenvalue weighted by atomic mass is 10.2. The van der Waals surface area contributed by atoms with Crippen LogP contribution in [0.4, 0.5) is 17.2 Å². The molecule has 1 aromatic carbocycles. The van der Waals surface area contributed by atoms with Crippen molar-refractivity contribution in [3.63, 3.8) is 0 Å². The molecule has 0 saturated heterocycles. The maximum atomic E-state index is 12.1. The van der Waals surface area contributed by atoms with Crippen LogP contribution in [0.5, 0.6) is 0 Å². The fraction of sp³-hybridized carbons (Fsp3) is 0.133. The highest BCUT2D eigenvalue weighted by molar-refractivity contribution is 8.01. The number of fused-ring (bicyclic) bond motifs is 1. The van der Waals surface area contributed by atoms with Crippen LogP contribution in [0.3, 0.4) is 0 Å². The molecule has 1 aromatic heterocycles. The second-order valence-electron chi connectivity index (χ2n) is 5.10. The summed E-state index contributed by atoms with van der Waals surface area (Å²) in [6.45, 7) is 0. The minimum atomic E-state index is -0.608. The number of amides is 2. The van der Waals surface area contributed by atoms with Crippen molar-refractivity contribution in [1.29, 1.82) is 0 Å². The van der Waals surface area contributed by atoms with Gasteiger partial charge in [0.05, 0.1) is 15.9 Å². The van der Waals surface area contributed by atoms with Crippen molar-refractivity contribution in [3.8, 4) is 0 Å². The molecule has 128 valence electrons. The number of para-hydroxylation sites is 1. The number of carbonyl (C=O) groups is 2. The maximum Gasteiger partial charge on any atom is 0.313 e. The van der Waals surface area contributed by atoms with Gasteiger partial charge >= 0.3 is 5.69 Å². The lowest BCUT2D eigenvalue weighted by Crippen LogP contribution is -2.37. The van der Waals surface area contributed by atoms with Gasteiger partial charge in [0.1, 0.15) is 0 Å². The number of nitro groups is 1. The molecule has 0 aliphatic carbocycles. The third-order valence-electron chi connectivity index (χ3n) is 3.38. The summed E-state index contributed by atoms with van der Waals surface area (Å²) in [5.74, 6) is -0.818. The smallest absolute Gasteiger partial charge is 0.313 e. The monoisotopic (exact) mass is 359 g/mol. The molecule has 2 aromatic rings. The number of hydrogen-bond acceptors (Lipinski definition) is 7. The van der Waals surface area contributed by atoms with Crippen molar-refractivity contribution in [2.45, 2.75) is 16.6 Å². The Kier molecular flexibility index (Phi) is 4.80. The number of aromatic nitrogens is 1. The van der Waals surface area contributed by atoms with Gasteiger partial charge in [-0.2, -0.15) is 0 Å². The average molecular weight is 359 g/mol. The molecule has 0 radical (unpaired) electrons. The lowest BCUT2D eigenvalue weighted by molar-refractivity contribution is -0.384. The van der Waals surface area contributed by atoms with E-state index in [9.17, 15) is 19.7 Å². The van der Waals surface area contributed by atoms with Gasteiger partial charge in [-0.25, -0.2) is 4.98 Å². The first-order chi connectivity index (χ1) is 12.0. The predicted molar refractivity (Wildman–Crippen MR) is 92.0 cm³/mol. The van der Waals surface area contributed by atoms with Crippen LogP contribution < -0.4 is 16.2 Å². The van der Waals surface area contributed by atoms with Crippen LogP contribution in [0, 0.1) is 10.1 Å². The molecular formula is C15H13N5O4S. The minimum absolute atomic E-state index is 0.0769. The summed E-state index contributed by atoms with van der Waals surface area (Å²) >= 11 is 1.30. The molecule has 0 spiro atoms. The molecule has 0 saturated carbocycles. The molecule has 2 heterocycles. The minimum Gasteiger partial charge on any atom is -0.324 e. The number of nitrogens with one attached hydrogen (secondary N) is 3. The van der Waals surface area contributed by atoms with Crippen LogP contribution in [0.25, 0.3) is 0 Å². The van der Waals surface area contributed by atoms with Gasteiger partial charge in [0.2, 0.25) is 17.6 Å². The Labute approximate surface area is 146 Å². The predicted octanol–water partition coefficient (Wildman–Crippen LogP) is 1.94. The molecule has 1 unspecified atom stereocenters. The summed E-state index contributed by atoms with van der Waals surface area (Å²) in [5, 5.41) is 13.1. The van der Waals surface area contributed by atoms with Gasteiger partial charge in [0.15, 0.2) is 0 Å². The van der Waals surface area contributed by atoms with Crippen LogP contribution in [0.1, 0.15) is 6.42 Å². The number of hydrazine groups is 1. The molecule has 2 amide bonds. The van der Waals surface area contributed by atoms with Crippen LogP contribution in [-0.4, -0.2) is 27.0 Å². The summed E-state index contributed by atoms with van der Waals surface area (Å²) in [5.41, 5.74) is 5.22. The first kappa shape index (κ1) is 16.7. The summed E-state index contributed by atoms with van der Waals surface area (Å²) in [6.07, 6.45) is 1.28. The standard InChI is InChI=1S/C15H13N5O4S/c21-13(18-19-14-10(20(23)24)5-3-7-16-14)8-12-15(22)17-9-4-1-2-6-11(9)25-12/h1-7,12H,8H2,(H,16,19)(H,17,22)(H,18,21). The molecule has 1 aliphatic rings. The Hall–Kier alpha value is -3.14. The molecule has 3 N–H and O–H groups in total. The highest BCUT2D eigenvalue weighted by atomic mass is 32.2. The van der Waals surface area contributed by atoms with Crippen molar-refractivity contribution < 1.29 is 14.5 Å². The first-order valence-electron chi connectivity index (χ1n) is 7.25. The zero-order chi connectivity index (χ0) is 17.8. The quantitative estimate of drug-likeness (QED) is 0.550. The molecule has 1 atom stereocenters. The average Bonchev–Trinajstić information content (AvgIpc) is 2.60. The third-order valence-corrected chi connectivity index (χ3v) is 4.66. The van der Waals surface area contributed by atoms with Crippen LogP contribution >= 0.6 is 11.8 Å². The third kappa shape index (κ3) is 3.86. The Morgan fingerprint density at radius 2 is 2.12 bits per heavy atom. The van der Waals surface area contributed by atoms with E-state index in [0.717, 1.165) is 10.6 Å². The SMILES string of the molecule is O=C(CC1Sc2ccccc2NC1=O)NNc1ncccc1[N+](=O)[O-]. The Balaban J connectivity index is 1.60. The van der Waals surface area contributed by atoms with Crippen molar-refractivity contribution >= 4 is 40.8 Å². The number of nitrogens with zero attached hydrogens (tertiary/aromatic N) is 2. The van der Waals surface area contributed by atoms with Gasteiger partial charge in [-0.3, -0.25) is 30.6 Å². The van der Waals surface area contributed by atoms with E-state index in [0.29, 0.717) is 0 Å². The molecule has 10 heteroatoms. The topological polar surface area (TPSA) is 126 Å². The Bertz CT molecular complexity index is 844. The first-order valence-corrected chi connectivity index (χ1v) is 8.13. The van der Waals surface area contributed by atoms with Gasteiger partial charge in [-0.05, 0) is 18.2 Å².